The normalized spacial score (nSPS) is 12.4. The summed E-state index contributed by atoms with van der Waals surface area (Å²) in [5.74, 6) is 1.38. The molecule has 0 saturated heterocycles. The number of hydrogen-bond acceptors (Lipinski definition) is 4. The SMILES string of the molecule is COc1cccc(C(N)c2nc(=S)[nH][nH]2)c1. The number of nitrogens with zero attached hydrogens (tertiary/aromatic N) is 1. The smallest absolute Gasteiger partial charge is 0.213 e. The van der Waals surface area contributed by atoms with Crippen molar-refractivity contribution >= 4 is 12.2 Å². The molecule has 84 valence electrons. The van der Waals surface area contributed by atoms with Gasteiger partial charge in [0.1, 0.15) is 11.6 Å². The summed E-state index contributed by atoms with van der Waals surface area (Å²) in [5.41, 5.74) is 6.95. The molecule has 0 aliphatic carbocycles. The predicted molar refractivity (Wildman–Crippen MR) is 62.8 cm³/mol. The number of aromatic amines is 2. The Kier molecular flexibility index (Phi) is 3.02. The Labute approximate surface area is 97.6 Å². The molecule has 5 nitrogen and oxygen atoms in total. The van der Waals surface area contributed by atoms with Crippen molar-refractivity contribution in [2.24, 2.45) is 5.73 Å². The van der Waals surface area contributed by atoms with Gasteiger partial charge in [-0.05, 0) is 29.9 Å². The van der Waals surface area contributed by atoms with Gasteiger partial charge in [-0.2, -0.15) is 0 Å². The van der Waals surface area contributed by atoms with Gasteiger partial charge in [-0.25, -0.2) is 4.98 Å². The molecule has 0 bridgehead atoms. The highest BCUT2D eigenvalue weighted by atomic mass is 32.1. The van der Waals surface area contributed by atoms with E-state index >= 15 is 0 Å². The van der Waals surface area contributed by atoms with Crippen LogP contribution < -0.4 is 10.5 Å². The Morgan fingerprint density at radius 1 is 1.44 bits per heavy atom. The molecule has 1 atom stereocenters. The van der Waals surface area contributed by atoms with Crippen molar-refractivity contribution in [2.45, 2.75) is 6.04 Å². The van der Waals surface area contributed by atoms with E-state index in [1.807, 2.05) is 24.3 Å². The highest BCUT2D eigenvalue weighted by Crippen LogP contribution is 2.20. The summed E-state index contributed by atoms with van der Waals surface area (Å²) >= 11 is 4.87. The molecular formula is C10H12N4OS. The van der Waals surface area contributed by atoms with Gasteiger partial charge in [-0.1, -0.05) is 12.1 Å². The first-order valence-corrected chi connectivity index (χ1v) is 5.15. The third-order valence-electron chi connectivity index (χ3n) is 2.27. The van der Waals surface area contributed by atoms with Crippen LogP contribution in [0.1, 0.15) is 17.4 Å². The van der Waals surface area contributed by atoms with E-state index in [-0.39, 0.29) is 6.04 Å². The van der Waals surface area contributed by atoms with Gasteiger partial charge in [-0.3, -0.25) is 10.2 Å². The van der Waals surface area contributed by atoms with Gasteiger partial charge in [0.15, 0.2) is 0 Å². The van der Waals surface area contributed by atoms with Gasteiger partial charge < -0.3 is 10.5 Å². The number of rotatable bonds is 3. The second-order valence-corrected chi connectivity index (χ2v) is 3.69. The summed E-state index contributed by atoms with van der Waals surface area (Å²) in [6, 6.07) is 7.19. The van der Waals surface area contributed by atoms with Crippen molar-refractivity contribution < 1.29 is 4.74 Å². The Bertz CT molecular complexity index is 533. The molecule has 0 radical (unpaired) electrons. The molecule has 0 aliphatic rings. The van der Waals surface area contributed by atoms with Gasteiger partial charge in [-0.15, -0.1) is 0 Å². The topological polar surface area (TPSA) is 79.7 Å². The van der Waals surface area contributed by atoms with Crippen LogP contribution in [-0.4, -0.2) is 22.3 Å². The van der Waals surface area contributed by atoms with Crippen molar-refractivity contribution in [3.63, 3.8) is 0 Å². The molecule has 2 rings (SSSR count). The van der Waals surface area contributed by atoms with E-state index in [9.17, 15) is 0 Å². The number of nitrogens with two attached hydrogens (primary N) is 1. The van der Waals surface area contributed by atoms with Crippen molar-refractivity contribution in [3.8, 4) is 5.75 Å². The lowest BCUT2D eigenvalue weighted by Crippen LogP contribution is -2.13. The van der Waals surface area contributed by atoms with Crippen molar-refractivity contribution in [3.05, 3.63) is 40.4 Å². The molecule has 1 unspecified atom stereocenters. The largest absolute Gasteiger partial charge is 0.497 e. The molecule has 4 N–H and O–H groups in total. The minimum absolute atomic E-state index is 0.344. The number of nitrogens with one attached hydrogen (secondary N) is 2. The molecule has 0 fully saturated rings. The summed E-state index contributed by atoms with van der Waals surface area (Å²) in [6.45, 7) is 0. The highest BCUT2D eigenvalue weighted by Gasteiger charge is 2.12. The minimum Gasteiger partial charge on any atom is -0.497 e. The van der Waals surface area contributed by atoms with Crippen LogP contribution in [0.15, 0.2) is 24.3 Å². The fraction of sp³-hybridized carbons (Fsp3) is 0.200. The lowest BCUT2D eigenvalue weighted by atomic mass is 10.1. The van der Waals surface area contributed by atoms with E-state index in [0.717, 1.165) is 11.3 Å². The summed E-state index contributed by atoms with van der Waals surface area (Å²) < 4.78 is 5.53. The molecule has 1 aromatic heterocycles. The number of benzene rings is 1. The van der Waals surface area contributed by atoms with Crippen LogP contribution in [0.4, 0.5) is 0 Å². The average Bonchev–Trinajstić information content (AvgIpc) is 2.75. The third kappa shape index (κ3) is 2.12. The summed E-state index contributed by atoms with van der Waals surface area (Å²) in [6.07, 6.45) is 0. The zero-order valence-electron chi connectivity index (χ0n) is 8.73. The Morgan fingerprint density at radius 2 is 2.25 bits per heavy atom. The van der Waals surface area contributed by atoms with Crippen LogP contribution in [0.3, 0.4) is 0 Å². The average molecular weight is 236 g/mol. The highest BCUT2D eigenvalue weighted by molar-refractivity contribution is 7.71. The third-order valence-corrected chi connectivity index (χ3v) is 2.46. The molecule has 1 aromatic carbocycles. The minimum atomic E-state index is -0.344. The van der Waals surface area contributed by atoms with Crippen LogP contribution in [-0.2, 0) is 0 Å². The first-order chi connectivity index (χ1) is 7.70. The molecule has 0 aliphatic heterocycles. The standard InChI is InChI=1S/C10H12N4OS/c1-15-7-4-2-3-6(5-7)8(11)9-12-10(16)14-13-9/h2-5,8H,11H2,1H3,(H2,12,13,14,16). The molecule has 0 amide bonds. The van der Waals surface area contributed by atoms with E-state index in [1.165, 1.54) is 0 Å². The molecular weight excluding hydrogens is 224 g/mol. The monoisotopic (exact) mass is 236 g/mol. The fourth-order valence-corrected chi connectivity index (χ4v) is 1.57. The van der Waals surface area contributed by atoms with Gasteiger partial charge in [0, 0.05) is 0 Å². The van der Waals surface area contributed by atoms with Gasteiger partial charge in [0.2, 0.25) is 4.77 Å². The molecule has 16 heavy (non-hydrogen) atoms. The van der Waals surface area contributed by atoms with Crippen molar-refractivity contribution in [1.82, 2.24) is 15.2 Å². The number of ether oxygens (including phenoxy) is 1. The van der Waals surface area contributed by atoms with Gasteiger partial charge in [0.05, 0.1) is 13.2 Å². The number of H-pyrrole nitrogens is 2. The second-order valence-electron chi connectivity index (χ2n) is 3.31. The maximum atomic E-state index is 6.04. The second kappa shape index (κ2) is 4.46. The quantitative estimate of drug-likeness (QED) is 0.706. The summed E-state index contributed by atoms with van der Waals surface area (Å²) in [4.78, 5) is 4.08. The maximum absolute atomic E-state index is 6.04. The van der Waals surface area contributed by atoms with Crippen LogP contribution >= 0.6 is 12.2 Å². The van der Waals surface area contributed by atoms with Crippen molar-refractivity contribution in [1.29, 1.82) is 0 Å². The van der Waals surface area contributed by atoms with Crippen LogP contribution in [0, 0.1) is 4.77 Å². The zero-order valence-corrected chi connectivity index (χ0v) is 9.54. The fourth-order valence-electron chi connectivity index (χ4n) is 1.42. The van der Waals surface area contributed by atoms with E-state index < -0.39 is 0 Å². The van der Waals surface area contributed by atoms with Crippen LogP contribution in [0.5, 0.6) is 5.75 Å². The Hall–Kier alpha value is -1.66. The van der Waals surface area contributed by atoms with E-state index in [4.69, 9.17) is 22.7 Å². The number of methoxy groups -OCH3 is 1. The number of hydrogen-bond donors (Lipinski definition) is 3. The maximum Gasteiger partial charge on any atom is 0.213 e. The molecule has 1 heterocycles. The van der Waals surface area contributed by atoms with Gasteiger partial charge in [0.25, 0.3) is 0 Å². The molecule has 0 spiro atoms. The van der Waals surface area contributed by atoms with Crippen LogP contribution in [0.2, 0.25) is 0 Å². The number of aromatic nitrogens is 3. The summed E-state index contributed by atoms with van der Waals surface area (Å²) in [5, 5.41) is 5.55. The van der Waals surface area contributed by atoms with E-state index in [1.54, 1.807) is 7.11 Å². The van der Waals surface area contributed by atoms with E-state index in [2.05, 4.69) is 15.2 Å². The first kappa shape index (κ1) is 10.8. The lowest BCUT2D eigenvalue weighted by Gasteiger charge is -2.09. The molecule has 6 heteroatoms. The summed E-state index contributed by atoms with van der Waals surface area (Å²) in [7, 11) is 1.62. The Balaban J connectivity index is 2.33. The zero-order chi connectivity index (χ0) is 11.5. The molecule has 2 aromatic rings. The predicted octanol–water partition coefficient (Wildman–Crippen LogP) is 1.52. The lowest BCUT2D eigenvalue weighted by molar-refractivity contribution is 0.414. The van der Waals surface area contributed by atoms with E-state index in [0.29, 0.717) is 10.6 Å². The molecule has 0 saturated carbocycles. The first-order valence-electron chi connectivity index (χ1n) is 4.75. The van der Waals surface area contributed by atoms with Gasteiger partial charge >= 0.3 is 0 Å². The van der Waals surface area contributed by atoms with Crippen LogP contribution in [0.25, 0.3) is 0 Å². The Morgan fingerprint density at radius 3 is 2.88 bits per heavy atom. The van der Waals surface area contributed by atoms with Crippen molar-refractivity contribution in [2.75, 3.05) is 7.11 Å².